The summed E-state index contributed by atoms with van der Waals surface area (Å²) in [4.78, 5) is 22.1. The van der Waals surface area contributed by atoms with E-state index in [1.165, 1.54) is 24.3 Å². The van der Waals surface area contributed by atoms with E-state index in [2.05, 4.69) is 0 Å². The summed E-state index contributed by atoms with van der Waals surface area (Å²) in [7, 11) is 0. The highest BCUT2D eigenvalue weighted by molar-refractivity contribution is 5.91. The van der Waals surface area contributed by atoms with Crippen LogP contribution in [0.1, 0.15) is 10.4 Å². The van der Waals surface area contributed by atoms with Crippen LogP contribution in [0.15, 0.2) is 42.5 Å². The van der Waals surface area contributed by atoms with Gasteiger partial charge in [-0.1, -0.05) is 0 Å². The Morgan fingerprint density at radius 3 is 2.41 bits per heavy atom. The van der Waals surface area contributed by atoms with E-state index >= 15 is 0 Å². The Morgan fingerprint density at radius 2 is 1.73 bits per heavy atom. The second-order valence-electron chi connectivity index (χ2n) is 4.50. The molecule has 1 heterocycles. The lowest BCUT2D eigenvalue weighted by atomic mass is 10.2. The number of nitrogens with zero attached hydrogens (tertiary/aromatic N) is 1. The number of benzene rings is 2. The molecule has 0 amide bonds. The van der Waals surface area contributed by atoms with Crippen LogP contribution < -0.4 is 14.2 Å². The molecule has 0 radical (unpaired) electrons. The monoisotopic (exact) mass is 301 g/mol. The predicted octanol–water partition coefficient (Wildman–Crippen LogP) is 2.59. The number of non-ortho nitro benzene ring substituents is 1. The fourth-order valence-electron chi connectivity index (χ4n) is 1.97. The van der Waals surface area contributed by atoms with E-state index in [4.69, 9.17) is 14.2 Å². The Balaban J connectivity index is 1.75. The zero-order chi connectivity index (χ0) is 15.5. The molecule has 0 spiro atoms. The van der Waals surface area contributed by atoms with Crippen LogP contribution in [0.4, 0.5) is 5.69 Å². The standard InChI is InChI=1S/C15H11NO6/c17-15(22-12-4-2-11(3-5-12)16(18)19)10-1-6-13-14(9-10)21-8-7-20-13/h1-6,9H,7-8H2. The Kier molecular flexibility index (Phi) is 3.61. The van der Waals surface area contributed by atoms with Gasteiger partial charge < -0.3 is 14.2 Å². The summed E-state index contributed by atoms with van der Waals surface area (Å²) in [5, 5.41) is 10.6. The molecule has 1 aliphatic heterocycles. The summed E-state index contributed by atoms with van der Waals surface area (Å²) < 4.78 is 15.9. The molecule has 112 valence electrons. The minimum absolute atomic E-state index is 0.0703. The third kappa shape index (κ3) is 2.83. The van der Waals surface area contributed by atoms with Gasteiger partial charge in [0.25, 0.3) is 5.69 Å². The average molecular weight is 301 g/mol. The van der Waals surface area contributed by atoms with Crippen molar-refractivity contribution in [2.24, 2.45) is 0 Å². The van der Waals surface area contributed by atoms with Gasteiger partial charge in [-0.05, 0) is 30.3 Å². The molecule has 7 heteroatoms. The number of ether oxygens (including phenoxy) is 3. The molecule has 2 aromatic carbocycles. The van der Waals surface area contributed by atoms with Gasteiger partial charge in [-0.25, -0.2) is 4.79 Å². The van der Waals surface area contributed by atoms with Crippen LogP contribution in [0.25, 0.3) is 0 Å². The number of carbonyl (C=O) groups excluding carboxylic acids is 1. The Hall–Kier alpha value is -3.09. The van der Waals surface area contributed by atoms with Crippen LogP contribution in [-0.4, -0.2) is 24.1 Å². The van der Waals surface area contributed by atoms with E-state index in [-0.39, 0.29) is 11.4 Å². The van der Waals surface area contributed by atoms with Gasteiger partial charge in [0, 0.05) is 12.1 Å². The fourth-order valence-corrected chi connectivity index (χ4v) is 1.97. The SMILES string of the molecule is O=C(Oc1ccc([N+](=O)[O-])cc1)c1ccc2c(c1)OCCO2. The molecule has 1 aliphatic rings. The lowest BCUT2D eigenvalue weighted by molar-refractivity contribution is -0.384. The Morgan fingerprint density at radius 1 is 1.05 bits per heavy atom. The maximum atomic E-state index is 12.1. The Bertz CT molecular complexity index is 725. The second kappa shape index (κ2) is 5.72. The normalized spacial score (nSPS) is 12.5. The van der Waals surface area contributed by atoms with Crippen molar-refractivity contribution >= 4 is 11.7 Å². The first-order chi connectivity index (χ1) is 10.6. The summed E-state index contributed by atoms with van der Waals surface area (Å²) in [6.07, 6.45) is 0. The number of nitro groups is 1. The largest absolute Gasteiger partial charge is 0.486 e. The lowest BCUT2D eigenvalue weighted by Crippen LogP contribution is -2.16. The van der Waals surface area contributed by atoms with Crippen molar-refractivity contribution in [2.75, 3.05) is 13.2 Å². The van der Waals surface area contributed by atoms with Crippen molar-refractivity contribution in [3.63, 3.8) is 0 Å². The van der Waals surface area contributed by atoms with Gasteiger partial charge in [-0.3, -0.25) is 10.1 Å². The highest BCUT2D eigenvalue weighted by Gasteiger charge is 2.16. The molecule has 0 atom stereocenters. The minimum Gasteiger partial charge on any atom is -0.486 e. The molecule has 0 aromatic heterocycles. The van der Waals surface area contributed by atoms with Crippen LogP contribution in [-0.2, 0) is 0 Å². The van der Waals surface area contributed by atoms with Gasteiger partial charge in [0.1, 0.15) is 19.0 Å². The van der Waals surface area contributed by atoms with E-state index < -0.39 is 10.9 Å². The zero-order valence-electron chi connectivity index (χ0n) is 11.4. The van der Waals surface area contributed by atoms with Crippen molar-refractivity contribution < 1.29 is 23.9 Å². The van der Waals surface area contributed by atoms with Crippen LogP contribution >= 0.6 is 0 Å². The molecular weight excluding hydrogens is 290 g/mol. The lowest BCUT2D eigenvalue weighted by Gasteiger charge is -2.18. The summed E-state index contributed by atoms with van der Waals surface area (Å²) in [6.45, 7) is 0.896. The van der Waals surface area contributed by atoms with Crippen molar-refractivity contribution in [1.82, 2.24) is 0 Å². The summed E-state index contributed by atoms with van der Waals surface area (Å²) in [6, 6.07) is 10.0. The maximum absolute atomic E-state index is 12.1. The van der Waals surface area contributed by atoms with Gasteiger partial charge in [0.05, 0.1) is 10.5 Å². The number of esters is 1. The number of rotatable bonds is 3. The number of hydrogen-bond acceptors (Lipinski definition) is 6. The molecule has 0 N–H and O–H groups in total. The molecule has 22 heavy (non-hydrogen) atoms. The zero-order valence-corrected chi connectivity index (χ0v) is 11.4. The first kappa shape index (κ1) is 13.9. The smallest absolute Gasteiger partial charge is 0.343 e. The molecule has 0 fully saturated rings. The molecule has 3 rings (SSSR count). The number of fused-ring (bicyclic) bond motifs is 1. The highest BCUT2D eigenvalue weighted by Crippen LogP contribution is 2.31. The molecule has 0 saturated carbocycles. The van der Waals surface area contributed by atoms with Gasteiger partial charge in [-0.2, -0.15) is 0 Å². The molecule has 0 aliphatic carbocycles. The quantitative estimate of drug-likeness (QED) is 0.375. The molecular formula is C15H11NO6. The maximum Gasteiger partial charge on any atom is 0.343 e. The van der Waals surface area contributed by atoms with Gasteiger partial charge >= 0.3 is 5.97 Å². The number of nitro benzene ring substituents is 1. The molecule has 0 saturated heterocycles. The van der Waals surface area contributed by atoms with E-state index in [0.29, 0.717) is 30.3 Å². The van der Waals surface area contributed by atoms with E-state index in [0.717, 1.165) is 0 Å². The van der Waals surface area contributed by atoms with E-state index in [1.807, 2.05) is 0 Å². The number of hydrogen-bond donors (Lipinski definition) is 0. The summed E-state index contributed by atoms with van der Waals surface area (Å²) in [5.74, 6) is 0.721. The third-order valence-electron chi connectivity index (χ3n) is 3.04. The molecule has 2 aromatic rings. The van der Waals surface area contributed by atoms with Crippen molar-refractivity contribution in [3.05, 3.63) is 58.1 Å². The summed E-state index contributed by atoms with van der Waals surface area (Å²) >= 11 is 0. The fraction of sp³-hybridized carbons (Fsp3) is 0.133. The van der Waals surface area contributed by atoms with Crippen molar-refractivity contribution in [1.29, 1.82) is 0 Å². The average Bonchev–Trinajstić information content (AvgIpc) is 2.55. The third-order valence-corrected chi connectivity index (χ3v) is 3.04. The topological polar surface area (TPSA) is 87.9 Å². The summed E-state index contributed by atoms with van der Waals surface area (Å²) in [5.41, 5.74) is 0.238. The minimum atomic E-state index is -0.578. The van der Waals surface area contributed by atoms with Crippen LogP contribution in [0.5, 0.6) is 17.2 Å². The van der Waals surface area contributed by atoms with Gasteiger partial charge in [0.2, 0.25) is 0 Å². The first-order valence-corrected chi connectivity index (χ1v) is 6.50. The van der Waals surface area contributed by atoms with E-state index in [1.54, 1.807) is 18.2 Å². The highest BCUT2D eigenvalue weighted by atomic mass is 16.6. The van der Waals surface area contributed by atoms with Crippen molar-refractivity contribution in [2.45, 2.75) is 0 Å². The van der Waals surface area contributed by atoms with Crippen molar-refractivity contribution in [3.8, 4) is 17.2 Å². The van der Waals surface area contributed by atoms with Crippen LogP contribution in [0, 0.1) is 10.1 Å². The molecule has 0 bridgehead atoms. The Labute approximate surface area is 125 Å². The van der Waals surface area contributed by atoms with Gasteiger partial charge in [0.15, 0.2) is 11.5 Å². The van der Waals surface area contributed by atoms with E-state index in [9.17, 15) is 14.9 Å². The second-order valence-corrected chi connectivity index (χ2v) is 4.50. The van der Waals surface area contributed by atoms with Gasteiger partial charge in [-0.15, -0.1) is 0 Å². The van der Waals surface area contributed by atoms with Crippen LogP contribution in [0.3, 0.4) is 0 Å². The predicted molar refractivity (Wildman–Crippen MR) is 75.5 cm³/mol. The van der Waals surface area contributed by atoms with Crippen LogP contribution in [0.2, 0.25) is 0 Å². The number of carbonyl (C=O) groups is 1. The molecule has 0 unspecified atom stereocenters. The molecule has 7 nitrogen and oxygen atoms in total. The first-order valence-electron chi connectivity index (χ1n) is 6.50.